The number of likely N-dealkylation sites (tertiary alicyclic amines) is 1. The molecule has 1 saturated carbocycles. The lowest BCUT2D eigenvalue weighted by atomic mass is 9.96. The molecule has 1 atom stereocenters. The molecule has 1 aromatic carbocycles. The van der Waals surface area contributed by atoms with Crippen molar-refractivity contribution >= 4 is 39.8 Å². The van der Waals surface area contributed by atoms with Gasteiger partial charge in [0.05, 0.1) is 33.5 Å². The lowest BCUT2D eigenvalue weighted by molar-refractivity contribution is -0.137. The van der Waals surface area contributed by atoms with Crippen LogP contribution in [0, 0.1) is 29.6 Å². The zero-order valence-corrected chi connectivity index (χ0v) is 26.1. The third kappa shape index (κ3) is 5.72. The number of hydrogen-bond acceptors (Lipinski definition) is 9. The van der Waals surface area contributed by atoms with Gasteiger partial charge in [0.25, 0.3) is 0 Å². The Labute approximate surface area is 261 Å². The number of benzene rings is 1. The van der Waals surface area contributed by atoms with E-state index in [2.05, 4.69) is 58.4 Å². The summed E-state index contributed by atoms with van der Waals surface area (Å²) in [6, 6.07) is 8.48. The molecule has 2 fully saturated rings. The number of nitrogens with one attached hydrogen (secondary N) is 4. The fourth-order valence-electron chi connectivity index (χ4n) is 5.90. The van der Waals surface area contributed by atoms with Crippen molar-refractivity contribution in [1.82, 2.24) is 30.8 Å². The maximum absolute atomic E-state index is 14.1. The van der Waals surface area contributed by atoms with Gasteiger partial charge in [0.2, 0.25) is 11.9 Å². The van der Waals surface area contributed by atoms with E-state index in [1.165, 1.54) is 12.3 Å². The van der Waals surface area contributed by atoms with Crippen LogP contribution in [0.15, 0.2) is 42.4 Å². The van der Waals surface area contributed by atoms with E-state index in [-0.39, 0.29) is 11.3 Å². The number of rotatable bonds is 8. The number of hydrazine groups is 2. The van der Waals surface area contributed by atoms with E-state index in [4.69, 9.17) is 11.6 Å². The number of nitriles is 1. The van der Waals surface area contributed by atoms with Gasteiger partial charge in [0.15, 0.2) is 0 Å². The summed E-state index contributed by atoms with van der Waals surface area (Å²) in [4.78, 5) is 24.0. The van der Waals surface area contributed by atoms with Gasteiger partial charge in [-0.25, -0.2) is 4.98 Å². The van der Waals surface area contributed by atoms with Crippen molar-refractivity contribution in [2.75, 3.05) is 30.3 Å². The van der Waals surface area contributed by atoms with Crippen molar-refractivity contribution in [3.05, 3.63) is 70.2 Å². The number of nitrogens with zero attached hydrogens (tertiary/aromatic N) is 5. The fraction of sp³-hybridized carbons (Fsp3) is 0.438. The summed E-state index contributed by atoms with van der Waals surface area (Å²) in [5, 5.41) is 19.9. The number of amides is 1. The van der Waals surface area contributed by atoms with Gasteiger partial charge in [-0.3, -0.25) is 14.8 Å². The van der Waals surface area contributed by atoms with Crippen molar-refractivity contribution in [2.45, 2.75) is 65.0 Å². The van der Waals surface area contributed by atoms with Crippen LogP contribution in [0.2, 0.25) is 5.02 Å². The van der Waals surface area contributed by atoms with Crippen molar-refractivity contribution in [3.8, 4) is 6.07 Å². The molecule has 2 aromatic heterocycles. The van der Waals surface area contributed by atoms with Crippen LogP contribution in [0.3, 0.4) is 0 Å². The maximum atomic E-state index is 14.1. The third-order valence-electron chi connectivity index (χ3n) is 8.43. The zero-order chi connectivity index (χ0) is 31.2. The number of hydrogen-bond donors (Lipinski definition) is 4. The van der Waals surface area contributed by atoms with Gasteiger partial charge in [-0.1, -0.05) is 38.4 Å². The maximum Gasteiger partial charge on any atom is 0.250 e. The molecular weight excluding hydrogens is 581 g/mol. The van der Waals surface area contributed by atoms with Gasteiger partial charge < -0.3 is 21.0 Å². The smallest absolute Gasteiger partial charge is 0.250 e. The molecule has 0 bridgehead atoms. The highest BCUT2D eigenvalue weighted by Gasteiger charge is 2.57. The quantitative estimate of drug-likeness (QED) is 0.242. The molecule has 44 heavy (non-hydrogen) atoms. The van der Waals surface area contributed by atoms with E-state index in [0.29, 0.717) is 45.1 Å². The van der Waals surface area contributed by atoms with Crippen LogP contribution in [0.25, 0.3) is 10.9 Å². The van der Waals surface area contributed by atoms with Crippen LogP contribution >= 0.6 is 11.6 Å². The normalized spacial score (nSPS) is 18.1. The zero-order valence-electron chi connectivity index (χ0n) is 25.4. The Morgan fingerprint density at radius 3 is 2.66 bits per heavy atom. The molecule has 4 N–H and O–H groups in total. The average Bonchev–Trinajstić information content (AvgIpc) is 3.35. The van der Waals surface area contributed by atoms with Crippen LogP contribution in [0.5, 0.6) is 0 Å². The van der Waals surface area contributed by atoms with E-state index in [1.807, 2.05) is 22.2 Å². The predicted octanol–water partition coefficient (Wildman–Crippen LogP) is 5.53. The number of carbonyl (C=O) groups excluding carboxylic acids is 1. The average molecular weight is 618 g/mol. The Bertz CT molecular complexity index is 1690. The molecule has 0 unspecified atom stereocenters. The molecular formula is C32H37ClFN9O. The van der Waals surface area contributed by atoms with Crippen LogP contribution in [-0.4, -0.2) is 51.0 Å². The van der Waals surface area contributed by atoms with Crippen LogP contribution in [0.1, 0.15) is 69.3 Å². The van der Waals surface area contributed by atoms with Gasteiger partial charge in [-0.2, -0.15) is 9.65 Å². The Hall–Kier alpha value is -4.14. The molecule has 3 aliphatic rings. The molecule has 4 heterocycles. The molecule has 6 rings (SSSR count). The largest absolute Gasteiger partial charge is 0.383 e. The Balaban J connectivity index is 1.38. The summed E-state index contributed by atoms with van der Waals surface area (Å²) >= 11 is 6.78. The molecule has 1 saturated heterocycles. The van der Waals surface area contributed by atoms with E-state index in [1.54, 1.807) is 19.1 Å². The first-order valence-electron chi connectivity index (χ1n) is 15.0. The second-order valence-corrected chi connectivity index (χ2v) is 13.4. The molecule has 0 radical (unpaired) electrons. The summed E-state index contributed by atoms with van der Waals surface area (Å²) < 4.78 is 14.1. The molecule has 10 nitrogen and oxygen atoms in total. The molecule has 1 aliphatic carbocycles. The molecule has 230 valence electrons. The van der Waals surface area contributed by atoms with Crippen molar-refractivity contribution in [2.24, 2.45) is 5.41 Å². The predicted molar refractivity (Wildman–Crippen MR) is 169 cm³/mol. The first kappa shape index (κ1) is 29.9. The first-order chi connectivity index (χ1) is 21.0. The number of aromatic nitrogens is 2. The Morgan fingerprint density at radius 2 is 2.00 bits per heavy atom. The van der Waals surface area contributed by atoms with E-state index in [9.17, 15) is 14.4 Å². The summed E-state index contributed by atoms with van der Waals surface area (Å²) in [7, 11) is 0. The summed E-state index contributed by atoms with van der Waals surface area (Å²) in [6.07, 6.45) is 7.03. The first-order valence-corrected chi connectivity index (χ1v) is 15.3. The number of aryl methyl sites for hydroxylation is 1. The van der Waals surface area contributed by atoms with Crippen molar-refractivity contribution in [3.63, 3.8) is 0 Å². The molecule has 2 aliphatic heterocycles. The number of anilines is 2. The lowest BCUT2D eigenvalue weighted by Gasteiger charge is -2.29. The van der Waals surface area contributed by atoms with Gasteiger partial charge in [-0.15, -0.1) is 5.53 Å². The second kappa shape index (κ2) is 11.4. The van der Waals surface area contributed by atoms with Gasteiger partial charge in [-0.05, 0) is 56.2 Å². The second-order valence-electron chi connectivity index (χ2n) is 13.0. The minimum absolute atomic E-state index is 0.0330. The molecule has 3 aromatic rings. The van der Waals surface area contributed by atoms with Crippen LogP contribution in [-0.2, 0) is 4.79 Å². The monoisotopic (exact) mass is 617 g/mol. The highest BCUT2D eigenvalue weighted by Crippen LogP contribution is 2.45. The van der Waals surface area contributed by atoms with Crippen molar-refractivity contribution < 1.29 is 9.18 Å². The van der Waals surface area contributed by atoms with Crippen LogP contribution in [0.4, 0.5) is 15.8 Å². The van der Waals surface area contributed by atoms with E-state index < -0.39 is 17.5 Å². The summed E-state index contributed by atoms with van der Waals surface area (Å²) in [6.45, 7) is 10.3. The highest BCUT2D eigenvalue weighted by atomic mass is 35.5. The number of carbonyl (C=O) groups is 1. The van der Waals surface area contributed by atoms with E-state index in [0.717, 1.165) is 50.0 Å². The topological polar surface area (TPSA) is 121 Å². The van der Waals surface area contributed by atoms with E-state index >= 15 is 0 Å². The molecule has 12 heteroatoms. The number of fused-ring (bicyclic) bond motifs is 1. The fourth-order valence-corrected chi connectivity index (χ4v) is 6.17. The minimum atomic E-state index is -0.626. The Morgan fingerprint density at radius 1 is 1.25 bits per heavy atom. The lowest BCUT2D eigenvalue weighted by Crippen LogP contribution is -2.53. The minimum Gasteiger partial charge on any atom is -0.383 e. The van der Waals surface area contributed by atoms with Gasteiger partial charge in [0.1, 0.15) is 11.6 Å². The third-order valence-corrected chi connectivity index (χ3v) is 8.72. The number of halogens is 2. The SMILES string of the molecule is Cc1nc(F)ccc1[C@H](Nc1cc(Cl)c2ncc(C#N)c(NCC(C)(C)C)c2c1)C1=CN(C2(C(=O)N3CCCC3)CC2)NN1. The van der Waals surface area contributed by atoms with Crippen LogP contribution < -0.4 is 21.6 Å². The van der Waals surface area contributed by atoms with Gasteiger partial charge in [0, 0.05) is 54.4 Å². The summed E-state index contributed by atoms with van der Waals surface area (Å²) in [5.41, 5.74) is 10.1. The van der Waals surface area contributed by atoms with Gasteiger partial charge >= 0.3 is 0 Å². The standard InChI is InChI=1S/C32H37ClFN9O/c1-19-22(7-8-26(34)38-19)29(25-17-43(41-40-25)32(9-10-32)30(44)42-11-5-6-12-42)39-21-13-23-27(37-18-31(2,3)4)20(15-35)16-36-28(23)24(33)14-21/h7-8,13-14,16-17,29,39-41H,5-6,9-12,18H2,1-4H3,(H,36,37)/t29-/m0/s1. The van der Waals surface area contributed by atoms with Crippen molar-refractivity contribution in [1.29, 1.82) is 5.26 Å². The summed E-state index contributed by atoms with van der Waals surface area (Å²) in [5.74, 6) is -0.423. The highest BCUT2D eigenvalue weighted by molar-refractivity contribution is 6.35. The molecule has 0 spiro atoms. The molecule has 1 amide bonds. The number of pyridine rings is 2. The Kier molecular flexibility index (Phi) is 7.76.